The predicted octanol–water partition coefficient (Wildman–Crippen LogP) is 4.31. The fraction of sp³-hybridized carbons (Fsp3) is 0.222. The van der Waals surface area contributed by atoms with Crippen molar-refractivity contribution < 1.29 is 13.6 Å². The SMILES string of the molecule is CCCCNc1cc(C(=O)Nc2c[nH]c3cc(F)c(F)cc23)ccn1. The Balaban J connectivity index is 1.78. The van der Waals surface area contributed by atoms with E-state index in [-0.39, 0.29) is 5.91 Å². The highest BCUT2D eigenvalue weighted by atomic mass is 19.2. The Morgan fingerprint density at radius 1 is 1.24 bits per heavy atom. The number of hydrogen-bond acceptors (Lipinski definition) is 3. The van der Waals surface area contributed by atoms with Crippen LogP contribution >= 0.6 is 0 Å². The summed E-state index contributed by atoms with van der Waals surface area (Å²) in [5.41, 5.74) is 1.22. The molecule has 0 aliphatic rings. The summed E-state index contributed by atoms with van der Waals surface area (Å²) in [6.45, 7) is 2.87. The first-order valence-corrected chi connectivity index (χ1v) is 8.06. The minimum atomic E-state index is -0.964. The molecule has 0 unspecified atom stereocenters. The van der Waals surface area contributed by atoms with Crippen molar-refractivity contribution in [2.75, 3.05) is 17.2 Å². The number of rotatable bonds is 6. The Morgan fingerprint density at radius 3 is 2.84 bits per heavy atom. The van der Waals surface area contributed by atoms with Crippen LogP contribution in [0.15, 0.2) is 36.7 Å². The van der Waals surface area contributed by atoms with Crippen LogP contribution in [-0.2, 0) is 0 Å². The van der Waals surface area contributed by atoms with Crippen LogP contribution in [0, 0.1) is 11.6 Å². The van der Waals surface area contributed by atoms with E-state index in [2.05, 4.69) is 27.5 Å². The fourth-order valence-corrected chi connectivity index (χ4v) is 2.48. The third kappa shape index (κ3) is 3.76. The lowest BCUT2D eigenvalue weighted by Gasteiger charge is -2.07. The van der Waals surface area contributed by atoms with Crippen LogP contribution in [-0.4, -0.2) is 22.4 Å². The van der Waals surface area contributed by atoms with Gasteiger partial charge in [0.1, 0.15) is 5.82 Å². The summed E-state index contributed by atoms with van der Waals surface area (Å²) in [7, 11) is 0. The number of carbonyl (C=O) groups excluding carboxylic acids is 1. The number of pyridine rings is 1. The first kappa shape index (κ1) is 16.9. The van der Waals surface area contributed by atoms with Crippen LogP contribution in [0.25, 0.3) is 10.9 Å². The molecule has 0 spiro atoms. The van der Waals surface area contributed by atoms with Crippen LogP contribution in [0.5, 0.6) is 0 Å². The molecule has 2 heterocycles. The summed E-state index contributed by atoms with van der Waals surface area (Å²) in [6.07, 6.45) is 5.12. The first-order chi connectivity index (χ1) is 12.1. The number of carbonyl (C=O) groups is 1. The van der Waals surface area contributed by atoms with Crippen LogP contribution < -0.4 is 10.6 Å². The summed E-state index contributed by atoms with van der Waals surface area (Å²) < 4.78 is 26.7. The highest BCUT2D eigenvalue weighted by Crippen LogP contribution is 2.26. The molecular formula is C18H18F2N4O. The van der Waals surface area contributed by atoms with Gasteiger partial charge >= 0.3 is 0 Å². The molecule has 3 aromatic rings. The Bertz CT molecular complexity index is 907. The molecule has 1 aromatic carbocycles. The molecule has 3 N–H and O–H groups in total. The van der Waals surface area contributed by atoms with Gasteiger partial charge in [-0.05, 0) is 24.6 Å². The van der Waals surface area contributed by atoms with E-state index in [0.717, 1.165) is 31.5 Å². The van der Waals surface area contributed by atoms with Gasteiger partial charge in [-0.25, -0.2) is 13.8 Å². The van der Waals surface area contributed by atoms with Crippen LogP contribution in [0.1, 0.15) is 30.1 Å². The summed E-state index contributed by atoms with van der Waals surface area (Å²) in [5.74, 6) is -1.64. The zero-order valence-corrected chi connectivity index (χ0v) is 13.7. The molecule has 0 atom stereocenters. The number of halogens is 2. The molecule has 5 nitrogen and oxygen atoms in total. The molecule has 0 aliphatic heterocycles. The monoisotopic (exact) mass is 344 g/mol. The second-order valence-electron chi connectivity index (χ2n) is 5.68. The number of nitrogens with zero attached hydrogens (tertiary/aromatic N) is 1. The van der Waals surface area contributed by atoms with E-state index in [0.29, 0.717) is 28.0 Å². The molecule has 3 rings (SSSR count). The van der Waals surface area contributed by atoms with Crippen molar-refractivity contribution >= 4 is 28.3 Å². The Hall–Kier alpha value is -2.96. The first-order valence-electron chi connectivity index (χ1n) is 8.06. The van der Waals surface area contributed by atoms with Gasteiger partial charge in [-0.1, -0.05) is 13.3 Å². The molecule has 0 fully saturated rings. The lowest BCUT2D eigenvalue weighted by atomic mass is 10.2. The zero-order chi connectivity index (χ0) is 17.8. The van der Waals surface area contributed by atoms with Gasteiger partial charge in [0.05, 0.1) is 11.2 Å². The van der Waals surface area contributed by atoms with Crippen molar-refractivity contribution in [2.24, 2.45) is 0 Å². The third-order valence-electron chi connectivity index (χ3n) is 3.83. The van der Waals surface area contributed by atoms with Gasteiger partial charge in [-0.15, -0.1) is 0 Å². The van der Waals surface area contributed by atoms with Crippen LogP contribution in [0.4, 0.5) is 20.3 Å². The van der Waals surface area contributed by atoms with Gasteiger partial charge in [-0.3, -0.25) is 4.79 Å². The van der Waals surface area contributed by atoms with Crippen molar-refractivity contribution in [3.05, 3.63) is 53.9 Å². The van der Waals surface area contributed by atoms with E-state index >= 15 is 0 Å². The van der Waals surface area contributed by atoms with Crippen molar-refractivity contribution in [1.82, 2.24) is 9.97 Å². The van der Waals surface area contributed by atoms with Crippen molar-refractivity contribution in [1.29, 1.82) is 0 Å². The molecule has 0 saturated carbocycles. The molecule has 25 heavy (non-hydrogen) atoms. The average molecular weight is 344 g/mol. The molecular weight excluding hydrogens is 326 g/mol. The number of amides is 1. The Morgan fingerprint density at radius 2 is 2.04 bits per heavy atom. The number of nitrogens with one attached hydrogen (secondary N) is 3. The van der Waals surface area contributed by atoms with Gasteiger partial charge in [0.2, 0.25) is 0 Å². The Kier molecular flexibility index (Phi) is 4.92. The maximum absolute atomic E-state index is 13.4. The van der Waals surface area contributed by atoms with E-state index in [1.165, 1.54) is 6.20 Å². The second-order valence-corrected chi connectivity index (χ2v) is 5.68. The average Bonchev–Trinajstić information content (AvgIpc) is 2.97. The minimum Gasteiger partial charge on any atom is -0.370 e. The highest BCUT2D eigenvalue weighted by Gasteiger charge is 2.13. The molecule has 0 saturated heterocycles. The van der Waals surface area contributed by atoms with Crippen molar-refractivity contribution in [3.63, 3.8) is 0 Å². The molecule has 130 valence electrons. The Labute approximate surface area is 143 Å². The van der Waals surface area contributed by atoms with Crippen molar-refractivity contribution in [3.8, 4) is 0 Å². The van der Waals surface area contributed by atoms with Gasteiger partial charge in [0, 0.05) is 36.0 Å². The van der Waals surface area contributed by atoms with Gasteiger partial charge in [-0.2, -0.15) is 0 Å². The van der Waals surface area contributed by atoms with Crippen LogP contribution in [0.2, 0.25) is 0 Å². The molecule has 0 radical (unpaired) electrons. The largest absolute Gasteiger partial charge is 0.370 e. The van der Waals surface area contributed by atoms with E-state index < -0.39 is 11.6 Å². The lowest BCUT2D eigenvalue weighted by molar-refractivity contribution is 0.102. The number of benzene rings is 1. The lowest BCUT2D eigenvalue weighted by Crippen LogP contribution is -2.12. The number of H-pyrrole nitrogens is 1. The maximum Gasteiger partial charge on any atom is 0.255 e. The van der Waals surface area contributed by atoms with Gasteiger partial charge in [0.25, 0.3) is 5.91 Å². The number of aromatic amines is 1. The number of hydrogen-bond donors (Lipinski definition) is 3. The third-order valence-corrected chi connectivity index (χ3v) is 3.83. The van der Waals surface area contributed by atoms with E-state index in [1.54, 1.807) is 18.3 Å². The van der Waals surface area contributed by atoms with E-state index in [4.69, 9.17) is 0 Å². The fourth-order valence-electron chi connectivity index (χ4n) is 2.48. The maximum atomic E-state index is 13.4. The second kappa shape index (κ2) is 7.29. The normalized spacial score (nSPS) is 10.8. The summed E-state index contributed by atoms with van der Waals surface area (Å²) >= 11 is 0. The standard InChI is InChI=1S/C18H18F2N4O/c1-2-3-5-21-17-7-11(4-6-22-17)18(25)24-16-10-23-15-9-14(20)13(19)8-12(15)16/h4,6-10,23H,2-3,5H2,1H3,(H,21,22)(H,24,25). The topological polar surface area (TPSA) is 69.8 Å². The minimum absolute atomic E-state index is 0.355. The molecule has 7 heteroatoms. The van der Waals surface area contributed by atoms with Crippen LogP contribution in [0.3, 0.4) is 0 Å². The van der Waals surface area contributed by atoms with E-state index in [1.807, 2.05) is 0 Å². The zero-order valence-electron chi connectivity index (χ0n) is 13.7. The molecule has 0 bridgehead atoms. The van der Waals surface area contributed by atoms with E-state index in [9.17, 15) is 13.6 Å². The summed E-state index contributed by atoms with van der Waals surface area (Å²) in [5, 5.41) is 6.27. The van der Waals surface area contributed by atoms with Crippen molar-refractivity contribution in [2.45, 2.75) is 19.8 Å². The molecule has 1 amide bonds. The quantitative estimate of drug-likeness (QED) is 0.584. The highest BCUT2D eigenvalue weighted by molar-refractivity contribution is 6.09. The number of fused-ring (bicyclic) bond motifs is 1. The molecule has 0 aliphatic carbocycles. The summed E-state index contributed by atoms with van der Waals surface area (Å²) in [4.78, 5) is 19.4. The predicted molar refractivity (Wildman–Crippen MR) is 93.8 cm³/mol. The smallest absolute Gasteiger partial charge is 0.255 e. The number of unbranched alkanes of at least 4 members (excludes halogenated alkanes) is 1. The number of anilines is 2. The van der Waals surface area contributed by atoms with Gasteiger partial charge < -0.3 is 15.6 Å². The summed E-state index contributed by atoms with van der Waals surface area (Å²) in [6, 6.07) is 5.36. The van der Waals surface area contributed by atoms with Gasteiger partial charge in [0.15, 0.2) is 11.6 Å². The molecule has 2 aromatic heterocycles. The number of aromatic nitrogens is 2.